The highest BCUT2D eigenvalue weighted by Crippen LogP contribution is 2.34. The topological polar surface area (TPSA) is 94.6 Å². The van der Waals surface area contributed by atoms with Crippen LogP contribution in [0.15, 0.2) is 29.6 Å². The number of thiazole rings is 1. The Bertz CT molecular complexity index is 898. The summed E-state index contributed by atoms with van der Waals surface area (Å²) in [5.74, 6) is -1.41. The Morgan fingerprint density at radius 2 is 1.76 bits per heavy atom. The minimum absolute atomic E-state index is 0.268. The molecule has 154 valence electrons. The van der Waals surface area contributed by atoms with E-state index in [0.29, 0.717) is 31.2 Å². The molecule has 0 saturated heterocycles. The van der Waals surface area contributed by atoms with E-state index < -0.39 is 11.5 Å². The van der Waals surface area contributed by atoms with Crippen molar-refractivity contribution in [1.82, 2.24) is 10.3 Å². The van der Waals surface area contributed by atoms with E-state index in [1.165, 1.54) is 14.2 Å². The van der Waals surface area contributed by atoms with Crippen LogP contribution in [0, 0.1) is 12.8 Å². The van der Waals surface area contributed by atoms with Gasteiger partial charge < -0.3 is 14.8 Å². The molecule has 0 atom stereocenters. The van der Waals surface area contributed by atoms with Crippen molar-refractivity contribution in [3.63, 3.8) is 0 Å². The van der Waals surface area contributed by atoms with Crippen molar-refractivity contribution in [2.45, 2.75) is 38.1 Å². The molecular formula is C21H24N2O5S. The summed E-state index contributed by atoms with van der Waals surface area (Å²) in [5.41, 5.74) is 1.19. The third kappa shape index (κ3) is 4.48. The zero-order valence-electron chi connectivity index (χ0n) is 16.7. The van der Waals surface area contributed by atoms with Gasteiger partial charge in [0.15, 0.2) is 0 Å². The van der Waals surface area contributed by atoms with Crippen LogP contribution in [0.5, 0.6) is 0 Å². The molecule has 0 aliphatic heterocycles. The summed E-state index contributed by atoms with van der Waals surface area (Å²) in [7, 11) is 2.65. The van der Waals surface area contributed by atoms with Gasteiger partial charge in [0, 0.05) is 22.2 Å². The molecule has 1 aliphatic carbocycles. The van der Waals surface area contributed by atoms with E-state index in [1.807, 2.05) is 24.4 Å². The molecular weight excluding hydrogens is 392 g/mol. The summed E-state index contributed by atoms with van der Waals surface area (Å²) in [4.78, 5) is 41.5. The summed E-state index contributed by atoms with van der Waals surface area (Å²) in [6, 6.07) is 7.11. The fraction of sp³-hybridized carbons (Fsp3) is 0.429. The van der Waals surface area contributed by atoms with Crippen LogP contribution in [-0.4, -0.2) is 42.6 Å². The van der Waals surface area contributed by atoms with Crippen LogP contribution in [-0.2, 0) is 19.1 Å². The number of carbonyl (C=O) groups excluding carboxylic acids is 3. The monoisotopic (exact) mass is 416 g/mol. The van der Waals surface area contributed by atoms with Gasteiger partial charge in [0.25, 0.3) is 5.91 Å². The third-order valence-corrected chi connectivity index (χ3v) is 6.32. The molecule has 0 bridgehead atoms. The van der Waals surface area contributed by atoms with E-state index in [9.17, 15) is 14.4 Å². The fourth-order valence-electron chi connectivity index (χ4n) is 3.63. The lowest BCUT2D eigenvalue weighted by Crippen LogP contribution is -2.57. The quantitative estimate of drug-likeness (QED) is 0.753. The van der Waals surface area contributed by atoms with Gasteiger partial charge in [-0.25, -0.2) is 9.78 Å². The van der Waals surface area contributed by atoms with Crippen molar-refractivity contribution in [3.05, 3.63) is 40.9 Å². The number of methoxy groups -OCH3 is 2. The number of aryl methyl sites for hydroxylation is 1. The molecule has 1 N–H and O–H groups in total. The van der Waals surface area contributed by atoms with Crippen molar-refractivity contribution < 1.29 is 23.9 Å². The number of nitrogens with zero attached hydrogens (tertiary/aromatic N) is 1. The van der Waals surface area contributed by atoms with Gasteiger partial charge in [-0.1, -0.05) is 12.1 Å². The first kappa shape index (κ1) is 21.0. The molecule has 7 nitrogen and oxygen atoms in total. The van der Waals surface area contributed by atoms with Gasteiger partial charge in [-0.05, 0) is 44.7 Å². The van der Waals surface area contributed by atoms with Crippen LogP contribution >= 0.6 is 11.3 Å². The molecule has 1 amide bonds. The molecule has 29 heavy (non-hydrogen) atoms. The van der Waals surface area contributed by atoms with Gasteiger partial charge in [0.2, 0.25) is 0 Å². The Morgan fingerprint density at radius 1 is 1.10 bits per heavy atom. The first-order valence-corrected chi connectivity index (χ1v) is 10.3. The first-order chi connectivity index (χ1) is 13.9. The molecule has 3 rings (SSSR count). The largest absolute Gasteiger partial charge is 0.469 e. The fourth-order valence-corrected chi connectivity index (χ4v) is 4.43. The first-order valence-electron chi connectivity index (χ1n) is 9.40. The van der Waals surface area contributed by atoms with Crippen molar-refractivity contribution in [1.29, 1.82) is 0 Å². The predicted octanol–water partition coefficient (Wildman–Crippen LogP) is 3.12. The second-order valence-corrected chi connectivity index (χ2v) is 8.05. The van der Waals surface area contributed by atoms with Crippen LogP contribution in [0.3, 0.4) is 0 Å². The molecule has 0 unspecified atom stereocenters. The number of carbonyl (C=O) groups is 3. The Kier molecular flexibility index (Phi) is 6.32. The van der Waals surface area contributed by atoms with Crippen molar-refractivity contribution in [2.75, 3.05) is 14.2 Å². The molecule has 1 fully saturated rings. The Balaban J connectivity index is 1.74. The highest BCUT2D eigenvalue weighted by Gasteiger charge is 2.45. The van der Waals surface area contributed by atoms with Crippen molar-refractivity contribution >= 4 is 29.2 Å². The van der Waals surface area contributed by atoms with E-state index in [-0.39, 0.29) is 17.8 Å². The molecule has 0 radical (unpaired) electrons. The van der Waals surface area contributed by atoms with Gasteiger partial charge in [-0.3, -0.25) is 9.59 Å². The maximum atomic E-state index is 12.8. The standard InChI is InChI=1S/C21H24N2O5S/c1-13-12-29-18(22-13)15-6-4-14(5-7-15)17(24)23-21(20(26)28-3)10-8-16(9-11-21)19(25)27-2/h4-7,12,16H,8-11H2,1-3H3,(H,23,24). The SMILES string of the molecule is COC(=O)C1CCC(NC(=O)c2ccc(-c3nc(C)cs3)cc2)(C(=O)OC)CC1. The molecule has 1 aromatic heterocycles. The Morgan fingerprint density at radius 3 is 2.28 bits per heavy atom. The number of amides is 1. The Hall–Kier alpha value is -2.74. The van der Waals surface area contributed by atoms with Gasteiger partial charge >= 0.3 is 11.9 Å². The maximum Gasteiger partial charge on any atom is 0.331 e. The van der Waals surface area contributed by atoms with E-state index in [4.69, 9.17) is 9.47 Å². The molecule has 8 heteroatoms. The summed E-state index contributed by atoms with van der Waals surface area (Å²) < 4.78 is 9.75. The number of hydrogen-bond acceptors (Lipinski definition) is 7. The van der Waals surface area contributed by atoms with Crippen LogP contribution in [0.1, 0.15) is 41.7 Å². The number of aromatic nitrogens is 1. The summed E-state index contributed by atoms with van der Waals surface area (Å²) in [5, 5.41) is 5.72. The number of hydrogen-bond donors (Lipinski definition) is 1. The van der Waals surface area contributed by atoms with Crippen LogP contribution < -0.4 is 5.32 Å². The lowest BCUT2D eigenvalue weighted by molar-refractivity contribution is -0.154. The number of rotatable bonds is 5. The highest BCUT2D eigenvalue weighted by molar-refractivity contribution is 7.13. The zero-order chi connectivity index (χ0) is 21.0. The third-order valence-electron chi connectivity index (χ3n) is 5.32. The maximum absolute atomic E-state index is 12.8. The summed E-state index contributed by atoms with van der Waals surface area (Å²) >= 11 is 1.55. The second-order valence-electron chi connectivity index (χ2n) is 7.20. The normalized spacial score (nSPS) is 21.3. The highest BCUT2D eigenvalue weighted by atomic mass is 32.1. The summed E-state index contributed by atoms with van der Waals surface area (Å²) in [6.07, 6.45) is 1.54. The predicted molar refractivity (Wildman–Crippen MR) is 108 cm³/mol. The minimum Gasteiger partial charge on any atom is -0.469 e. The molecule has 1 aromatic carbocycles. The molecule has 1 heterocycles. The van der Waals surface area contributed by atoms with Crippen molar-refractivity contribution in [3.8, 4) is 10.6 Å². The number of esters is 2. The lowest BCUT2D eigenvalue weighted by Gasteiger charge is -2.37. The Labute approximate surface area is 173 Å². The average molecular weight is 416 g/mol. The second kappa shape index (κ2) is 8.73. The molecule has 0 spiro atoms. The number of nitrogens with one attached hydrogen (secondary N) is 1. The minimum atomic E-state index is -1.14. The van der Waals surface area contributed by atoms with E-state index in [0.717, 1.165) is 16.3 Å². The number of benzene rings is 1. The van der Waals surface area contributed by atoms with Gasteiger partial charge in [-0.15, -0.1) is 11.3 Å². The van der Waals surface area contributed by atoms with Crippen LogP contribution in [0.25, 0.3) is 10.6 Å². The van der Waals surface area contributed by atoms with E-state index in [1.54, 1.807) is 23.5 Å². The van der Waals surface area contributed by atoms with E-state index >= 15 is 0 Å². The number of ether oxygens (including phenoxy) is 2. The van der Waals surface area contributed by atoms with Crippen LogP contribution in [0.2, 0.25) is 0 Å². The van der Waals surface area contributed by atoms with Crippen molar-refractivity contribution in [2.24, 2.45) is 5.92 Å². The van der Waals surface area contributed by atoms with Gasteiger partial charge in [-0.2, -0.15) is 0 Å². The summed E-state index contributed by atoms with van der Waals surface area (Å²) in [6.45, 7) is 1.93. The molecule has 1 saturated carbocycles. The van der Waals surface area contributed by atoms with Gasteiger partial charge in [0.1, 0.15) is 10.5 Å². The molecule has 2 aromatic rings. The van der Waals surface area contributed by atoms with Crippen LogP contribution in [0.4, 0.5) is 0 Å². The average Bonchev–Trinajstić information content (AvgIpc) is 3.19. The lowest BCUT2D eigenvalue weighted by atomic mass is 9.76. The smallest absolute Gasteiger partial charge is 0.331 e. The zero-order valence-corrected chi connectivity index (χ0v) is 17.5. The molecule has 1 aliphatic rings. The van der Waals surface area contributed by atoms with E-state index in [2.05, 4.69) is 10.3 Å². The van der Waals surface area contributed by atoms with Gasteiger partial charge in [0.05, 0.1) is 20.1 Å².